The lowest BCUT2D eigenvalue weighted by molar-refractivity contribution is 0.244. The first-order chi connectivity index (χ1) is 14.5. The highest BCUT2D eigenvalue weighted by Crippen LogP contribution is 2.46. The number of likely N-dealkylation sites (N-methyl/N-ethyl adjacent to an activating group) is 2. The van der Waals surface area contributed by atoms with Gasteiger partial charge in [0.15, 0.2) is 0 Å². The van der Waals surface area contributed by atoms with Gasteiger partial charge in [-0.1, -0.05) is 24.3 Å². The van der Waals surface area contributed by atoms with E-state index in [0.717, 1.165) is 37.1 Å². The third-order valence-electron chi connectivity index (χ3n) is 6.92. The van der Waals surface area contributed by atoms with Crippen LogP contribution in [0.2, 0.25) is 0 Å². The van der Waals surface area contributed by atoms with Crippen molar-refractivity contribution in [3.63, 3.8) is 0 Å². The first-order valence-electron chi connectivity index (χ1n) is 10.6. The van der Waals surface area contributed by atoms with Crippen molar-refractivity contribution in [2.24, 2.45) is 7.05 Å². The summed E-state index contributed by atoms with van der Waals surface area (Å²) in [6, 6.07) is 14.0. The lowest BCUT2D eigenvalue weighted by Crippen LogP contribution is -2.36. The van der Waals surface area contributed by atoms with Crippen LogP contribution in [0, 0.1) is 11.6 Å². The van der Waals surface area contributed by atoms with E-state index in [1.807, 2.05) is 24.3 Å². The van der Waals surface area contributed by atoms with E-state index in [9.17, 15) is 8.78 Å². The smallest absolute Gasteiger partial charge is 0.123 e. The number of benzene rings is 2. The van der Waals surface area contributed by atoms with Crippen molar-refractivity contribution in [3.05, 3.63) is 93.8 Å². The molecule has 2 aromatic carbocycles. The van der Waals surface area contributed by atoms with Gasteiger partial charge in [0.05, 0.1) is 12.1 Å². The van der Waals surface area contributed by atoms with Gasteiger partial charge in [-0.15, -0.1) is 0 Å². The van der Waals surface area contributed by atoms with Crippen molar-refractivity contribution in [2.45, 2.75) is 24.9 Å². The standard InChI is InChI=1S/C25H27F2N3/c1-28-14-12-20-22(24(28)16-4-8-18(26)9-5-16)23-21(30(20)3)13-15-29(2)25(23)17-6-10-19(27)11-7-17/h4-11,24-25H,12-15H2,1-3H3/t24-,25-/m1/s1. The molecule has 1 aromatic heterocycles. The molecule has 0 aliphatic carbocycles. The second-order valence-electron chi connectivity index (χ2n) is 8.65. The summed E-state index contributed by atoms with van der Waals surface area (Å²) >= 11 is 0. The lowest BCUT2D eigenvalue weighted by atomic mass is 9.83. The molecule has 5 heteroatoms. The summed E-state index contributed by atoms with van der Waals surface area (Å²) in [5.41, 5.74) is 7.64. The minimum atomic E-state index is -0.212. The molecule has 30 heavy (non-hydrogen) atoms. The van der Waals surface area contributed by atoms with E-state index in [-0.39, 0.29) is 23.7 Å². The normalized spacial score (nSPS) is 22.0. The minimum Gasteiger partial charge on any atom is -0.351 e. The van der Waals surface area contributed by atoms with Gasteiger partial charge in [-0.05, 0) is 49.5 Å². The van der Waals surface area contributed by atoms with Crippen molar-refractivity contribution >= 4 is 0 Å². The molecule has 0 amide bonds. The first kappa shape index (κ1) is 19.5. The summed E-state index contributed by atoms with van der Waals surface area (Å²) in [5, 5.41) is 0. The topological polar surface area (TPSA) is 11.4 Å². The molecule has 2 aliphatic heterocycles. The monoisotopic (exact) mass is 407 g/mol. The van der Waals surface area contributed by atoms with Crippen LogP contribution < -0.4 is 0 Å². The summed E-state index contributed by atoms with van der Waals surface area (Å²) in [5.74, 6) is -0.423. The van der Waals surface area contributed by atoms with Gasteiger partial charge in [0.1, 0.15) is 11.6 Å². The van der Waals surface area contributed by atoms with Gasteiger partial charge in [0.2, 0.25) is 0 Å². The molecule has 2 atom stereocenters. The zero-order valence-electron chi connectivity index (χ0n) is 17.7. The van der Waals surface area contributed by atoms with Crippen molar-refractivity contribution in [2.75, 3.05) is 27.2 Å². The highest BCUT2D eigenvalue weighted by Gasteiger charge is 2.39. The predicted molar refractivity (Wildman–Crippen MR) is 115 cm³/mol. The second-order valence-corrected chi connectivity index (χ2v) is 8.65. The molecule has 5 rings (SSSR count). The molecule has 3 aromatic rings. The number of fused-ring (bicyclic) bond motifs is 3. The average molecular weight is 408 g/mol. The maximum absolute atomic E-state index is 13.6. The Bertz CT molecular complexity index is 984. The van der Waals surface area contributed by atoms with E-state index in [4.69, 9.17) is 0 Å². The summed E-state index contributed by atoms with van der Waals surface area (Å²) in [6.07, 6.45) is 1.99. The van der Waals surface area contributed by atoms with E-state index in [0.29, 0.717) is 0 Å². The molecule has 0 fully saturated rings. The van der Waals surface area contributed by atoms with Gasteiger partial charge in [-0.3, -0.25) is 9.80 Å². The van der Waals surface area contributed by atoms with Gasteiger partial charge >= 0.3 is 0 Å². The van der Waals surface area contributed by atoms with Crippen LogP contribution >= 0.6 is 0 Å². The lowest BCUT2D eigenvalue weighted by Gasteiger charge is -2.38. The molecule has 0 bridgehead atoms. The maximum Gasteiger partial charge on any atom is 0.123 e. The van der Waals surface area contributed by atoms with E-state index >= 15 is 0 Å². The Morgan fingerprint density at radius 1 is 0.633 bits per heavy atom. The van der Waals surface area contributed by atoms with Crippen molar-refractivity contribution in [1.29, 1.82) is 0 Å². The third kappa shape index (κ3) is 2.99. The van der Waals surface area contributed by atoms with Crippen LogP contribution in [-0.2, 0) is 19.9 Å². The van der Waals surface area contributed by atoms with Gasteiger partial charge < -0.3 is 4.57 Å². The fourth-order valence-corrected chi connectivity index (χ4v) is 5.45. The Morgan fingerprint density at radius 2 is 1.00 bits per heavy atom. The molecular formula is C25H27F2N3. The van der Waals surface area contributed by atoms with E-state index in [1.54, 1.807) is 24.3 Å². The number of hydrogen-bond acceptors (Lipinski definition) is 2. The number of nitrogens with zero attached hydrogens (tertiary/aromatic N) is 3. The molecule has 0 N–H and O–H groups in total. The Balaban J connectivity index is 1.73. The van der Waals surface area contributed by atoms with Gasteiger partial charge in [-0.2, -0.15) is 0 Å². The molecule has 0 saturated carbocycles. The van der Waals surface area contributed by atoms with Crippen LogP contribution in [0.3, 0.4) is 0 Å². The number of rotatable bonds is 2. The largest absolute Gasteiger partial charge is 0.351 e. The first-order valence-corrected chi connectivity index (χ1v) is 10.6. The van der Waals surface area contributed by atoms with E-state index in [1.165, 1.54) is 22.5 Å². The molecule has 156 valence electrons. The third-order valence-corrected chi connectivity index (χ3v) is 6.92. The SMILES string of the molecule is CN1CCc2c(c3c(n2C)CCN(C)[C@@H]3c2ccc(F)cc2)[C@H]1c1ccc(F)cc1. The van der Waals surface area contributed by atoms with E-state index < -0.39 is 0 Å². The van der Waals surface area contributed by atoms with Crippen LogP contribution in [0.25, 0.3) is 0 Å². The van der Waals surface area contributed by atoms with Crippen molar-refractivity contribution in [3.8, 4) is 0 Å². The Labute approximate surface area is 176 Å². The Kier molecular flexibility index (Phi) is 4.75. The Morgan fingerprint density at radius 3 is 1.37 bits per heavy atom. The number of hydrogen-bond donors (Lipinski definition) is 0. The molecular weight excluding hydrogens is 380 g/mol. The zero-order chi connectivity index (χ0) is 21.0. The van der Waals surface area contributed by atoms with E-state index in [2.05, 4.69) is 35.5 Å². The Hall–Kier alpha value is -2.50. The summed E-state index contributed by atoms with van der Waals surface area (Å²) in [7, 11) is 6.48. The van der Waals surface area contributed by atoms with Gasteiger partial charge in [0, 0.05) is 55.5 Å². The van der Waals surface area contributed by atoms with Crippen LogP contribution in [-0.4, -0.2) is 41.6 Å². The summed E-state index contributed by atoms with van der Waals surface area (Å²) in [4.78, 5) is 4.73. The average Bonchev–Trinajstić information content (AvgIpc) is 3.02. The fraction of sp³-hybridized carbons (Fsp3) is 0.360. The molecule has 0 unspecified atom stereocenters. The van der Waals surface area contributed by atoms with Crippen LogP contribution in [0.5, 0.6) is 0 Å². The molecule has 3 heterocycles. The van der Waals surface area contributed by atoms with Crippen molar-refractivity contribution in [1.82, 2.24) is 14.4 Å². The molecule has 0 spiro atoms. The van der Waals surface area contributed by atoms with Crippen LogP contribution in [0.1, 0.15) is 45.7 Å². The highest BCUT2D eigenvalue weighted by molar-refractivity contribution is 5.52. The number of aromatic nitrogens is 1. The molecule has 0 radical (unpaired) electrons. The predicted octanol–water partition coefficient (Wildman–Crippen LogP) is 4.46. The van der Waals surface area contributed by atoms with Gasteiger partial charge in [0.25, 0.3) is 0 Å². The van der Waals surface area contributed by atoms with Gasteiger partial charge in [-0.25, -0.2) is 8.78 Å². The number of halogens is 2. The quantitative estimate of drug-likeness (QED) is 0.622. The maximum atomic E-state index is 13.6. The van der Waals surface area contributed by atoms with Crippen LogP contribution in [0.4, 0.5) is 8.78 Å². The van der Waals surface area contributed by atoms with Crippen LogP contribution in [0.15, 0.2) is 48.5 Å². The summed E-state index contributed by atoms with van der Waals surface area (Å²) < 4.78 is 29.7. The fourth-order valence-electron chi connectivity index (χ4n) is 5.45. The zero-order valence-corrected chi connectivity index (χ0v) is 17.7. The molecule has 3 nitrogen and oxygen atoms in total. The molecule has 0 saturated heterocycles. The van der Waals surface area contributed by atoms with Crippen molar-refractivity contribution < 1.29 is 8.78 Å². The summed E-state index contributed by atoms with van der Waals surface area (Å²) in [6.45, 7) is 1.92. The molecule has 2 aliphatic rings. The second kappa shape index (κ2) is 7.33. The minimum absolute atomic E-state index is 0.0822. The highest BCUT2D eigenvalue weighted by atomic mass is 19.1.